The molecule has 1 aromatic heterocycles. The van der Waals surface area contributed by atoms with E-state index in [0.717, 1.165) is 5.69 Å². The van der Waals surface area contributed by atoms with Crippen LogP contribution in [0.5, 0.6) is 0 Å². The van der Waals surface area contributed by atoms with E-state index in [2.05, 4.69) is 16.4 Å². The number of pyridine rings is 1. The van der Waals surface area contributed by atoms with E-state index in [9.17, 15) is 0 Å². The van der Waals surface area contributed by atoms with Crippen molar-refractivity contribution in [1.82, 2.24) is 4.98 Å². The summed E-state index contributed by atoms with van der Waals surface area (Å²) in [6, 6.07) is 5.50. The van der Waals surface area contributed by atoms with Gasteiger partial charge in [0.25, 0.3) is 0 Å². The van der Waals surface area contributed by atoms with Crippen LogP contribution in [0.4, 0.5) is 5.82 Å². The molecule has 1 aromatic rings. The molecule has 16 heavy (non-hydrogen) atoms. The molecule has 1 heterocycles. The fourth-order valence-corrected chi connectivity index (χ4v) is 1.27. The van der Waals surface area contributed by atoms with Gasteiger partial charge in [-0.1, -0.05) is 0 Å². The molecule has 0 spiro atoms. The van der Waals surface area contributed by atoms with E-state index in [1.54, 1.807) is 26.4 Å². The Morgan fingerprint density at radius 2 is 2.12 bits per heavy atom. The molecule has 86 valence electrons. The van der Waals surface area contributed by atoms with Gasteiger partial charge in [-0.05, 0) is 19.1 Å². The summed E-state index contributed by atoms with van der Waals surface area (Å²) in [6.45, 7) is 2.32. The predicted molar refractivity (Wildman–Crippen MR) is 60.0 cm³/mol. The summed E-state index contributed by atoms with van der Waals surface area (Å²) in [5, 5.41) is 11.9. The summed E-state index contributed by atoms with van der Waals surface area (Å²) in [6.07, 6.45) is -0.326. The van der Waals surface area contributed by atoms with Crippen LogP contribution in [0.15, 0.2) is 12.1 Å². The van der Waals surface area contributed by atoms with Gasteiger partial charge in [-0.3, -0.25) is 0 Å². The van der Waals surface area contributed by atoms with Crippen LogP contribution in [0.1, 0.15) is 11.3 Å². The Kier molecular flexibility index (Phi) is 4.70. The van der Waals surface area contributed by atoms with Gasteiger partial charge in [0.1, 0.15) is 5.82 Å². The highest BCUT2D eigenvalue weighted by Crippen LogP contribution is 2.09. The summed E-state index contributed by atoms with van der Waals surface area (Å²) in [5.74, 6) is 0.649. The Labute approximate surface area is 95.0 Å². The highest BCUT2D eigenvalue weighted by molar-refractivity contribution is 5.44. The smallest absolute Gasteiger partial charge is 0.173 e. The van der Waals surface area contributed by atoms with E-state index in [1.165, 1.54) is 0 Å². The molecule has 0 atom stereocenters. The van der Waals surface area contributed by atoms with Crippen molar-refractivity contribution in [3.63, 3.8) is 0 Å². The van der Waals surface area contributed by atoms with Gasteiger partial charge < -0.3 is 14.8 Å². The Morgan fingerprint density at radius 1 is 1.44 bits per heavy atom. The number of aryl methyl sites for hydroxylation is 1. The molecule has 0 saturated carbocycles. The second-order valence-electron chi connectivity index (χ2n) is 3.28. The summed E-state index contributed by atoms with van der Waals surface area (Å²) in [5.41, 5.74) is 1.38. The van der Waals surface area contributed by atoms with Gasteiger partial charge in [-0.25, -0.2) is 4.98 Å². The fourth-order valence-electron chi connectivity index (χ4n) is 1.27. The second-order valence-corrected chi connectivity index (χ2v) is 3.28. The molecule has 0 aliphatic carbocycles. The van der Waals surface area contributed by atoms with Crippen LogP contribution in [0.3, 0.4) is 0 Å². The molecule has 5 nitrogen and oxygen atoms in total. The van der Waals surface area contributed by atoms with Gasteiger partial charge in [0.2, 0.25) is 0 Å². The third-order valence-corrected chi connectivity index (χ3v) is 2.06. The Hall–Kier alpha value is -1.64. The number of nitrogens with zero attached hydrogens (tertiary/aromatic N) is 2. The van der Waals surface area contributed by atoms with E-state index >= 15 is 0 Å². The molecule has 0 aliphatic rings. The maximum atomic E-state index is 8.80. The van der Waals surface area contributed by atoms with Crippen LogP contribution in [0.25, 0.3) is 0 Å². The standard InChI is InChI=1S/C11H15N3O2/c1-8-4-9(6-12)5-10(14-8)13-7-11(15-2)16-3/h4-5,11H,7H2,1-3H3,(H,13,14). The first kappa shape index (κ1) is 12.4. The van der Waals surface area contributed by atoms with E-state index in [0.29, 0.717) is 17.9 Å². The van der Waals surface area contributed by atoms with Crippen LogP contribution in [0, 0.1) is 18.3 Å². The number of methoxy groups -OCH3 is 2. The number of aromatic nitrogens is 1. The van der Waals surface area contributed by atoms with Crippen molar-refractivity contribution in [3.05, 3.63) is 23.4 Å². The normalized spacial score (nSPS) is 10.2. The minimum absolute atomic E-state index is 0.326. The molecule has 5 heteroatoms. The first-order valence-electron chi connectivity index (χ1n) is 4.88. The van der Waals surface area contributed by atoms with Crippen molar-refractivity contribution in [2.75, 3.05) is 26.1 Å². The summed E-state index contributed by atoms with van der Waals surface area (Å²) >= 11 is 0. The lowest BCUT2D eigenvalue weighted by Crippen LogP contribution is -2.24. The van der Waals surface area contributed by atoms with Gasteiger partial charge >= 0.3 is 0 Å². The number of hydrogen-bond acceptors (Lipinski definition) is 5. The average molecular weight is 221 g/mol. The zero-order valence-corrected chi connectivity index (χ0v) is 9.65. The number of anilines is 1. The quantitative estimate of drug-likeness (QED) is 0.759. The lowest BCUT2D eigenvalue weighted by Gasteiger charge is -2.14. The highest BCUT2D eigenvalue weighted by Gasteiger charge is 2.05. The van der Waals surface area contributed by atoms with Crippen molar-refractivity contribution in [2.24, 2.45) is 0 Å². The Bertz CT molecular complexity index is 383. The third kappa shape index (κ3) is 3.50. The molecule has 1 N–H and O–H groups in total. The number of rotatable bonds is 5. The number of hydrogen-bond donors (Lipinski definition) is 1. The first-order chi connectivity index (χ1) is 7.69. The monoisotopic (exact) mass is 221 g/mol. The zero-order valence-electron chi connectivity index (χ0n) is 9.65. The molecule has 1 rings (SSSR count). The molecular weight excluding hydrogens is 206 g/mol. The maximum Gasteiger partial charge on any atom is 0.173 e. The molecule has 0 radical (unpaired) electrons. The molecular formula is C11H15N3O2. The molecule has 0 amide bonds. The van der Waals surface area contributed by atoms with Crippen molar-refractivity contribution >= 4 is 5.82 Å². The topological polar surface area (TPSA) is 67.2 Å². The summed E-state index contributed by atoms with van der Waals surface area (Å²) in [4.78, 5) is 4.25. The summed E-state index contributed by atoms with van der Waals surface area (Å²) < 4.78 is 10.1. The van der Waals surface area contributed by atoms with Gasteiger partial charge in [-0.15, -0.1) is 0 Å². The minimum atomic E-state index is -0.326. The van der Waals surface area contributed by atoms with Gasteiger partial charge in [0, 0.05) is 19.9 Å². The first-order valence-corrected chi connectivity index (χ1v) is 4.88. The maximum absolute atomic E-state index is 8.80. The molecule has 0 unspecified atom stereocenters. The number of nitriles is 1. The van der Waals surface area contributed by atoms with E-state index in [1.807, 2.05) is 6.92 Å². The third-order valence-electron chi connectivity index (χ3n) is 2.06. The van der Waals surface area contributed by atoms with Crippen molar-refractivity contribution < 1.29 is 9.47 Å². The molecule has 0 aromatic carbocycles. The van der Waals surface area contributed by atoms with Crippen molar-refractivity contribution in [1.29, 1.82) is 5.26 Å². The highest BCUT2D eigenvalue weighted by atomic mass is 16.7. The lowest BCUT2D eigenvalue weighted by molar-refractivity contribution is -0.0914. The molecule has 0 fully saturated rings. The lowest BCUT2D eigenvalue weighted by atomic mass is 10.2. The summed E-state index contributed by atoms with van der Waals surface area (Å²) in [7, 11) is 3.14. The molecule has 0 aliphatic heterocycles. The van der Waals surface area contributed by atoms with Crippen LogP contribution in [-0.2, 0) is 9.47 Å². The van der Waals surface area contributed by atoms with Crippen LogP contribution in [0.2, 0.25) is 0 Å². The molecule has 0 saturated heterocycles. The average Bonchev–Trinajstić information content (AvgIpc) is 2.29. The van der Waals surface area contributed by atoms with Gasteiger partial charge in [0.05, 0.1) is 18.2 Å². The van der Waals surface area contributed by atoms with Crippen LogP contribution >= 0.6 is 0 Å². The van der Waals surface area contributed by atoms with Crippen molar-refractivity contribution in [2.45, 2.75) is 13.2 Å². The SMILES string of the molecule is COC(CNc1cc(C#N)cc(C)n1)OC. The van der Waals surface area contributed by atoms with E-state index in [-0.39, 0.29) is 6.29 Å². The van der Waals surface area contributed by atoms with E-state index in [4.69, 9.17) is 14.7 Å². The van der Waals surface area contributed by atoms with Gasteiger partial charge in [-0.2, -0.15) is 5.26 Å². The van der Waals surface area contributed by atoms with Crippen LogP contribution in [-0.4, -0.2) is 32.0 Å². The largest absolute Gasteiger partial charge is 0.365 e. The molecule has 0 bridgehead atoms. The zero-order chi connectivity index (χ0) is 12.0. The second kappa shape index (κ2) is 6.05. The van der Waals surface area contributed by atoms with Gasteiger partial charge in [0.15, 0.2) is 6.29 Å². The van der Waals surface area contributed by atoms with Crippen LogP contribution < -0.4 is 5.32 Å². The predicted octanol–water partition coefficient (Wildman–Crippen LogP) is 1.29. The number of nitrogens with one attached hydrogen (secondary N) is 1. The fraction of sp³-hybridized carbons (Fsp3) is 0.455. The van der Waals surface area contributed by atoms with E-state index < -0.39 is 0 Å². The Balaban J connectivity index is 2.67. The van der Waals surface area contributed by atoms with Crippen molar-refractivity contribution in [3.8, 4) is 6.07 Å². The minimum Gasteiger partial charge on any atom is -0.365 e. The number of ether oxygens (including phenoxy) is 2. The Morgan fingerprint density at radius 3 is 2.69 bits per heavy atom.